The fraction of sp³-hybridized carbons (Fsp3) is 0.571. The van der Waals surface area contributed by atoms with Gasteiger partial charge in [0.1, 0.15) is 11.5 Å². The molecule has 2 aliphatic rings. The lowest BCUT2D eigenvalue weighted by molar-refractivity contribution is 0.0900. The molecule has 1 aromatic rings. The van der Waals surface area contributed by atoms with Gasteiger partial charge in [-0.2, -0.15) is 0 Å². The van der Waals surface area contributed by atoms with E-state index in [1.54, 1.807) is 6.92 Å². The number of hydrogen-bond donors (Lipinski definition) is 0. The zero-order valence-corrected chi connectivity index (χ0v) is 11.6. The molecule has 2 atom stereocenters. The second-order valence-corrected chi connectivity index (χ2v) is 7.44. The lowest BCUT2D eigenvalue weighted by Gasteiger charge is -2.26. The third kappa shape index (κ3) is 2.24. The summed E-state index contributed by atoms with van der Waals surface area (Å²) in [5.74, 6) is -0.495. The highest BCUT2D eigenvalue weighted by Gasteiger charge is 2.43. The van der Waals surface area contributed by atoms with E-state index < -0.39 is 10.8 Å². The summed E-state index contributed by atoms with van der Waals surface area (Å²) in [7, 11) is -0.753. The molecule has 0 saturated carbocycles. The van der Waals surface area contributed by atoms with Gasteiger partial charge in [-0.15, -0.1) is 0 Å². The molecule has 102 valence electrons. The topological polar surface area (TPSA) is 47.0 Å². The Balaban J connectivity index is 1.81. The number of hydrogen-bond acceptors (Lipinski definition) is 3. The summed E-state index contributed by atoms with van der Waals surface area (Å²) in [4.78, 5) is 16.4. The van der Waals surface area contributed by atoms with Crippen LogP contribution in [0, 0.1) is 18.7 Å². The van der Waals surface area contributed by atoms with E-state index >= 15 is 0 Å². The fourth-order valence-electron chi connectivity index (χ4n) is 3.14. The third-order valence-electron chi connectivity index (χ3n) is 4.21. The second kappa shape index (κ2) is 4.78. The predicted octanol–water partition coefficient (Wildman–Crippen LogP) is 2.40. The van der Waals surface area contributed by atoms with Crippen molar-refractivity contribution in [2.75, 3.05) is 0 Å². The van der Waals surface area contributed by atoms with Gasteiger partial charge in [0.05, 0.1) is 5.69 Å². The van der Waals surface area contributed by atoms with Crippen molar-refractivity contribution in [3.63, 3.8) is 0 Å². The SMILES string of the molecule is Cc1nc(C(=O)C2CC3CCC(C2)S3=O)ccc1F. The monoisotopic (exact) mass is 281 g/mol. The summed E-state index contributed by atoms with van der Waals surface area (Å²) in [5.41, 5.74) is 0.601. The first-order valence-corrected chi connectivity index (χ1v) is 7.90. The molecule has 0 spiro atoms. The summed E-state index contributed by atoms with van der Waals surface area (Å²) in [6, 6.07) is 2.75. The number of ketones is 1. The number of Topliss-reactive ketones (excluding diaryl/α,β-unsaturated/α-hetero) is 1. The number of fused-ring (bicyclic) bond motifs is 2. The number of halogens is 1. The number of rotatable bonds is 2. The molecule has 0 N–H and O–H groups in total. The summed E-state index contributed by atoms with van der Waals surface area (Å²) < 4.78 is 25.1. The summed E-state index contributed by atoms with van der Waals surface area (Å²) in [6.07, 6.45) is 3.33. The van der Waals surface area contributed by atoms with Gasteiger partial charge in [-0.1, -0.05) is 0 Å². The highest BCUT2D eigenvalue weighted by atomic mass is 32.2. The maximum Gasteiger partial charge on any atom is 0.184 e. The van der Waals surface area contributed by atoms with Crippen molar-refractivity contribution >= 4 is 16.6 Å². The average molecular weight is 281 g/mol. The lowest BCUT2D eigenvalue weighted by Crippen LogP contribution is -2.32. The molecule has 0 aromatic carbocycles. The van der Waals surface area contributed by atoms with Crippen LogP contribution in [0.4, 0.5) is 4.39 Å². The maximum atomic E-state index is 13.2. The van der Waals surface area contributed by atoms with E-state index in [1.807, 2.05) is 0 Å². The van der Waals surface area contributed by atoms with Gasteiger partial charge in [0, 0.05) is 27.2 Å². The van der Waals surface area contributed by atoms with Crippen molar-refractivity contribution in [2.24, 2.45) is 5.92 Å². The van der Waals surface area contributed by atoms with Gasteiger partial charge in [-0.3, -0.25) is 9.00 Å². The molecule has 0 amide bonds. The highest BCUT2D eigenvalue weighted by molar-refractivity contribution is 7.86. The van der Waals surface area contributed by atoms with Gasteiger partial charge >= 0.3 is 0 Å². The second-order valence-electron chi connectivity index (χ2n) is 5.45. The van der Waals surface area contributed by atoms with Crippen molar-refractivity contribution in [1.82, 2.24) is 4.98 Å². The van der Waals surface area contributed by atoms with Gasteiger partial charge in [0.25, 0.3) is 0 Å². The minimum atomic E-state index is -0.753. The lowest BCUT2D eigenvalue weighted by atomic mass is 9.92. The predicted molar refractivity (Wildman–Crippen MR) is 70.9 cm³/mol. The van der Waals surface area contributed by atoms with Crippen molar-refractivity contribution in [3.05, 3.63) is 29.3 Å². The Kier molecular flexibility index (Phi) is 3.25. The van der Waals surface area contributed by atoms with Crippen LogP contribution in [0.2, 0.25) is 0 Å². The molecule has 3 nitrogen and oxygen atoms in total. The Bertz CT molecular complexity index is 544. The summed E-state index contributed by atoms with van der Waals surface area (Å²) in [5, 5.41) is 0.350. The normalized spacial score (nSPS) is 33.4. The van der Waals surface area contributed by atoms with Gasteiger partial charge in [-0.25, -0.2) is 9.37 Å². The fourth-order valence-corrected chi connectivity index (χ4v) is 5.26. The van der Waals surface area contributed by atoms with E-state index in [0.717, 1.165) is 12.8 Å². The first-order chi connectivity index (χ1) is 9.06. The number of nitrogens with zero attached hydrogens (tertiary/aromatic N) is 1. The van der Waals surface area contributed by atoms with Crippen LogP contribution in [0.3, 0.4) is 0 Å². The summed E-state index contributed by atoms with van der Waals surface area (Å²) >= 11 is 0. The van der Waals surface area contributed by atoms with E-state index in [9.17, 15) is 13.4 Å². The molecular formula is C14H16FNO2S. The highest BCUT2D eigenvalue weighted by Crippen LogP contribution is 2.39. The van der Waals surface area contributed by atoms with E-state index in [-0.39, 0.29) is 33.7 Å². The number of aromatic nitrogens is 1. The van der Waals surface area contributed by atoms with Crippen molar-refractivity contribution in [2.45, 2.75) is 43.1 Å². The zero-order valence-electron chi connectivity index (χ0n) is 10.8. The smallest absolute Gasteiger partial charge is 0.184 e. The molecule has 0 radical (unpaired) electrons. The molecule has 2 bridgehead atoms. The maximum absolute atomic E-state index is 13.2. The Morgan fingerprint density at radius 3 is 2.53 bits per heavy atom. The van der Waals surface area contributed by atoms with Crippen molar-refractivity contribution in [3.8, 4) is 0 Å². The quantitative estimate of drug-likeness (QED) is 0.782. The summed E-state index contributed by atoms with van der Waals surface area (Å²) in [6.45, 7) is 1.56. The van der Waals surface area contributed by atoms with Crippen LogP contribution >= 0.6 is 0 Å². The third-order valence-corrected chi connectivity index (χ3v) is 6.38. The molecule has 2 aliphatic heterocycles. The standard InChI is InChI=1S/C14H16FNO2S/c1-8-12(15)4-5-13(16-8)14(17)9-6-10-2-3-11(7-9)19(10)18/h4-5,9-11H,2-3,6-7H2,1H3. The van der Waals surface area contributed by atoms with E-state index in [2.05, 4.69) is 4.98 Å². The van der Waals surface area contributed by atoms with Crippen molar-refractivity contribution < 1.29 is 13.4 Å². The van der Waals surface area contributed by atoms with E-state index in [1.165, 1.54) is 12.1 Å². The minimum absolute atomic E-state index is 0.0169. The largest absolute Gasteiger partial charge is 0.292 e. The molecule has 2 saturated heterocycles. The number of carbonyl (C=O) groups excluding carboxylic acids is 1. The molecule has 1 aromatic heterocycles. The Morgan fingerprint density at radius 1 is 1.32 bits per heavy atom. The van der Waals surface area contributed by atoms with Crippen LogP contribution in [-0.2, 0) is 10.8 Å². The minimum Gasteiger partial charge on any atom is -0.292 e. The molecule has 19 heavy (non-hydrogen) atoms. The molecule has 0 aliphatic carbocycles. The molecule has 3 rings (SSSR count). The van der Waals surface area contributed by atoms with Crippen LogP contribution in [0.15, 0.2) is 12.1 Å². The van der Waals surface area contributed by atoms with Crippen LogP contribution in [0.5, 0.6) is 0 Å². The Hall–Kier alpha value is -1.10. The number of aryl methyl sites for hydroxylation is 1. The molecule has 2 unspecified atom stereocenters. The van der Waals surface area contributed by atoms with E-state index in [0.29, 0.717) is 18.5 Å². The molecular weight excluding hydrogens is 265 g/mol. The van der Waals surface area contributed by atoms with Crippen molar-refractivity contribution in [1.29, 1.82) is 0 Å². The van der Waals surface area contributed by atoms with Gasteiger partial charge in [0.15, 0.2) is 5.78 Å². The van der Waals surface area contributed by atoms with Crippen LogP contribution in [-0.4, -0.2) is 25.5 Å². The van der Waals surface area contributed by atoms with E-state index in [4.69, 9.17) is 0 Å². The first-order valence-electron chi connectivity index (χ1n) is 6.63. The number of carbonyl (C=O) groups is 1. The van der Waals surface area contributed by atoms with Crippen LogP contribution in [0.1, 0.15) is 41.9 Å². The van der Waals surface area contributed by atoms with Crippen LogP contribution < -0.4 is 0 Å². The van der Waals surface area contributed by atoms with Gasteiger partial charge in [-0.05, 0) is 44.7 Å². The number of pyridine rings is 1. The van der Waals surface area contributed by atoms with Crippen LogP contribution in [0.25, 0.3) is 0 Å². The van der Waals surface area contributed by atoms with Gasteiger partial charge < -0.3 is 0 Å². The zero-order chi connectivity index (χ0) is 13.6. The molecule has 5 heteroatoms. The molecule has 3 heterocycles. The first kappa shape index (κ1) is 12.9. The average Bonchev–Trinajstić information content (AvgIpc) is 2.64. The molecule has 2 fully saturated rings. The Labute approximate surface area is 114 Å². The van der Waals surface area contributed by atoms with Gasteiger partial charge in [0.2, 0.25) is 0 Å². The Morgan fingerprint density at radius 2 is 1.95 bits per heavy atom.